The van der Waals surface area contributed by atoms with Gasteiger partial charge in [0.1, 0.15) is 0 Å². The lowest BCUT2D eigenvalue weighted by Gasteiger charge is -2.11. The standard InChI is InChI=1S/C15H23N3S/c1-3-13-11-14(18(2)17-13)10-12(16)6-4-7-15-8-5-9-19-15/h5,8-9,11-12H,3-4,6-7,10,16H2,1-2H3. The number of nitrogens with two attached hydrogens (primary N) is 1. The average Bonchev–Trinajstić information content (AvgIpc) is 3.00. The first-order valence-electron chi connectivity index (χ1n) is 6.98. The molecule has 3 nitrogen and oxygen atoms in total. The zero-order valence-corrected chi connectivity index (χ0v) is 12.6. The number of hydrogen-bond acceptors (Lipinski definition) is 3. The molecule has 0 radical (unpaired) electrons. The molecule has 0 fully saturated rings. The molecule has 0 aliphatic heterocycles. The van der Waals surface area contributed by atoms with Crippen molar-refractivity contribution in [3.63, 3.8) is 0 Å². The summed E-state index contributed by atoms with van der Waals surface area (Å²) in [5.41, 5.74) is 8.63. The Morgan fingerprint density at radius 3 is 2.95 bits per heavy atom. The molecule has 0 amide bonds. The highest BCUT2D eigenvalue weighted by Gasteiger charge is 2.09. The third-order valence-electron chi connectivity index (χ3n) is 3.44. The number of rotatable bonds is 7. The summed E-state index contributed by atoms with van der Waals surface area (Å²) in [6.07, 6.45) is 5.30. The fourth-order valence-electron chi connectivity index (χ4n) is 2.30. The van der Waals surface area contributed by atoms with E-state index in [1.807, 2.05) is 23.1 Å². The van der Waals surface area contributed by atoms with Crippen LogP contribution in [0.5, 0.6) is 0 Å². The van der Waals surface area contributed by atoms with Crippen molar-refractivity contribution >= 4 is 11.3 Å². The van der Waals surface area contributed by atoms with Gasteiger partial charge < -0.3 is 5.73 Å². The first kappa shape index (κ1) is 14.3. The Labute approximate surface area is 119 Å². The SMILES string of the molecule is CCc1cc(CC(N)CCCc2cccs2)n(C)n1. The van der Waals surface area contributed by atoms with E-state index in [0.29, 0.717) is 0 Å². The summed E-state index contributed by atoms with van der Waals surface area (Å²) in [4.78, 5) is 1.46. The minimum Gasteiger partial charge on any atom is -0.327 e. The molecule has 104 valence electrons. The van der Waals surface area contributed by atoms with E-state index < -0.39 is 0 Å². The van der Waals surface area contributed by atoms with Crippen LogP contribution in [-0.4, -0.2) is 15.8 Å². The summed E-state index contributed by atoms with van der Waals surface area (Å²) < 4.78 is 1.97. The van der Waals surface area contributed by atoms with E-state index in [4.69, 9.17) is 5.73 Å². The van der Waals surface area contributed by atoms with Crippen molar-refractivity contribution in [1.82, 2.24) is 9.78 Å². The summed E-state index contributed by atoms with van der Waals surface area (Å²) in [5.74, 6) is 0. The maximum atomic E-state index is 6.23. The van der Waals surface area contributed by atoms with Crippen molar-refractivity contribution in [2.24, 2.45) is 12.8 Å². The largest absolute Gasteiger partial charge is 0.327 e. The molecule has 0 saturated heterocycles. The first-order valence-corrected chi connectivity index (χ1v) is 7.86. The van der Waals surface area contributed by atoms with E-state index in [9.17, 15) is 0 Å². The summed E-state index contributed by atoms with van der Waals surface area (Å²) >= 11 is 1.83. The second-order valence-corrected chi connectivity index (χ2v) is 6.07. The van der Waals surface area contributed by atoms with Crippen LogP contribution < -0.4 is 5.73 Å². The number of nitrogens with zero attached hydrogens (tertiary/aromatic N) is 2. The van der Waals surface area contributed by atoms with Gasteiger partial charge in [-0.15, -0.1) is 11.3 Å². The summed E-state index contributed by atoms with van der Waals surface area (Å²) in [6, 6.07) is 6.73. The van der Waals surface area contributed by atoms with Crippen molar-refractivity contribution in [2.75, 3.05) is 0 Å². The van der Waals surface area contributed by atoms with Crippen molar-refractivity contribution in [3.8, 4) is 0 Å². The smallest absolute Gasteiger partial charge is 0.0624 e. The maximum Gasteiger partial charge on any atom is 0.0624 e. The number of hydrogen-bond donors (Lipinski definition) is 1. The molecule has 0 aliphatic carbocycles. The van der Waals surface area contributed by atoms with Crippen molar-refractivity contribution in [2.45, 2.75) is 45.1 Å². The highest BCUT2D eigenvalue weighted by Crippen LogP contribution is 2.14. The highest BCUT2D eigenvalue weighted by atomic mass is 32.1. The first-order chi connectivity index (χ1) is 9.19. The minimum absolute atomic E-state index is 0.236. The van der Waals surface area contributed by atoms with Crippen molar-refractivity contribution in [1.29, 1.82) is 0 Å². The van der Waals surface area contributed by atoms with Crippen LogP contribution >= 0.6 is 11.3 Å². The topological polar surface area (TPSA) is 43.8 Å². The van der Waals surface area contributed by atoms with Gasteiger partial charge in [0.05, 0.1) is 5.69 Å². The van der Waals surface area contributed by atoms with Gasteiger partial charge in [-0.1, -0.05) is 13.0 Å². The van der Waals surface area contributed by atoms with Crippen molar-refractivity contribution < 1.29 is 0 Å². The Hall–Kier alpha value is -1.13. The molecule has 2 aromatic rings. The molecule has 0 aromatic carbocycles. The van der Waals surface area contributed by atoms with Crippen molar-refractivity contribution in [3.05, 3.63) is 39.8 Å². The molecular formula is C15H23N3S. The predicted octanol–water partition coefficient (Wildman–Crippen LogP) is 2.94. The lowest BCUT2D eigenvalue weighted by Crippen LogP contribution is -2.24. The predicted molar refractivity (Wildman–Crippen MR) is 81.5 cm³/mol. The van der Waals surface area contributed by atoms with E-state index in [0.717, 1.165) is 31.4 Å². The minimum atomic E-state index is 0.236. The molecule has 0 saturated carbocycles. The average molecular weight is 277 g/mol. The highest BCUT2D eigenvalue weighted by molar-refractivity contribution is 7.09. The lowest BCUT2D eigenvalue weighted by molar-refractivity contribution is 0.557. The molecule has 2 aromatic heterocycles. The van der Waals surface area contributed by atoms with Crippen LogP contribution in [0.2, 0.25) is 0 Å². The molecule has 19 heavy (non-hydrogen) atoms. The summed E-state index contributed by atoms with van der Waals surface area (Å²) in [5, 5.41) is 6.60. The van der Waals surface area contributed by atoms with Gasteiger partial charge in [0.2, 0.25) is 0 Å². The molecule has 4 heteroatoms. The number of thiophene rings is 1. The third-order valence-corrected chi connectivity index (χ3v) is 4.38. The zero-order chi connectivity index (χ0) is 13.7. The van der Waals surface area contributed by atoms with Gasteiger partial charge in [0.15, 0.2) is 0 Å². The van der Waals surface area contributed by atoms with Gasteiger partial charge >= 0.3 is 0 Å². The second-order valence-electron chi connectivity index (χ2n) is 5.04. The van der Waals surface area contributed by atoms with Crippen LogP contribution in [0.1, 0.15) is 36.0 Å². The van der Waals surface area contributed by atoms with Crippen LogP contribution in [0, 0.1) is 0 Å². The van der Waals surface area contributed by atoms with Crippen LogP contribution in [0.15, 0.2) is 23.6 Å². The Balaban J connectivity index is 1.77. The normalized spacial score (nSPS) is 12.8. The van der Waals surface area contributed by atoms with E-state index in [1.54, 1.807) is 0 Å². The van der Waals surface area contributed by atoms with Gasteiger partial charge in [0.25, 0.3) is 0 Å². The van der Waals surface area contributed by atoms with E-state index >= 15 is 0 Å². The summed E-state index contributed by atoms with van der Waals surface area (Å²) in [7, 11) is 2.01. The molecule has 0 aliphatic rings. The van der Waals surface area contributed by atoms with E-state index in [-0.39, 0.29) is 6.04 Å². The van der Waals surface area contributed by atoms with Crippen LogP contribution in [0.3, 0.4) is 0 Å². The zero-order valence-electron chi connectivity index (χ0n) is 11.8. The number of aryl methyl sites for hydroxylation is 3. The Morgan fingerprint density at radius 1 is 1.47 bits per heavy atom. The Kier molecular flexibility index (Phi) is 5.16. The van der Waals surface area contributed by atoms with Gasteiger partial charge in [-0.25, -0.2) is 0 Å². The van der Waals surface area contributed by atoms with Gasteiger partial charge in [-0.3, -0.25) is 4.68 Å². The Morgan fingerprint density at radius 2 is 2.32 bits per heavy atom. The van der Waals surface area contributed by atoms with Gasteiger partial charge in [-0.2, -0.15) is 5.10 Å². The fraction of sp³-hybridized carbons (Fsp3) is 0.533. The molecule has 2 rings (SSSR count). The molecule has 0 spiro atoms. The molecule has 2 heterocycles. The van der Waals surface area contributed by atoms with Crippen LogP contribution in [0.25, 0.3) is 0 Å². The maximum absolute atomic E-state index is 6.23. The van der Waals surface area contributed by atoms with Gasteiger partial charge in [0, 0.05) is 30.1 Å². The molecule has 2 N–H and O–H groups in total. The monoisotopic (exact) mass is 277 g/mol. The summed E-state index contributed by atoms with van der Waals surface area (Å²) in [6.45, 7) is 2.13. The fourth-order valence-corrected chi connectivity index (χ4v) is 3.05. The van der Waals surface area contributed by atoms with Gasteiger partial charge in [-0.05, 0) is 43.2 Å². The number of aromatic nitrogens is 2. The van der Waals surface area contributed by atoms with Crippen LogP contribution in [-0.2, 0) is 26.3 Å². The van der Waals surface area contributed by atoms with Crippen LogP contribution in [0.4, 0.5) is 0 Å². The third kappa shape index (κ3) is 4.18. The lowest BCUT2D eigenvalue weighted by atomic mass is 10.0. The van der Waals surface area contributed by atoms with E-state index in [1.165, 1.54) is 17.0 Å². The molecule has 1 atom stereocenters. The molecular weight excluding hydrogens is 254 g/mol. The quantitative estimate of drug-likeness (QED) is 0.845. The van der Waals surface area contributed by atoms with E-state index in [2.05, 4.69) is 35.6 Å². The second kappa shape index (κ2) is 6.87. The molecule has 0 bridgehead atoms. The molecule has 1 unspecified atom stereocenters. The Bertz CT molecular complexity index is 487.